The fourth-order valence-corrected chi connectivity index (χ4v) is 3.85. The minimum Gasteiger partial charge on any atom is -0.381 e. The molecule has 1 N–H and O–H groups in total. The van der Waals surface area contributed by atoms with Crippen LogP contribution in [0.3, 0.4) is 0 Å². The molecule has 0 aromatic carbocycles. The van der Waals surface area contributed by atoms with Crippen molar-refractivity contribution in [3.05, 3.63) is 0 Å². The van der Waals surface area contributed by atoms with Crippen LogP contribution in [0.25, 0.3) is 0 Å². The highest BCUT2D eigenvalue weighted by Gasteiger charge is 2.39. The molecule has 3 nitrogen and oxygen atoms in total. The van der Waals surface area contributed by atoms with Gasteiger partial charge in [0.25, 0.3) is 0 Å². The van der Waals surface area contributed by atoms with Crippen molar-refractivity contribution in [1.29, 1.82) is 0 Å². The van der Waals surface area contributed by atoms with E-state index in [0.717, 1.165) is 31.3 Å². The maximum absolute atomic E-state index is 5.69. The minimum atomic E-state index is 0.782. The number of hydrogen-bond acceptors (Lipinski definition) is 3. The molecule has 0 aromatic heterocycles. The molecule has 0 aliphatic carbocycles. The lowest BCUT2D eigenvalue weighted by molar-refractivity contribution is 0.0847. The van der Waals surface area contributed by atoms with Crippen molar-refractivity contribution < 1.29 is 4.74 Å². The summed E-state index contributed by atoms with van der Waals surface area (Å²) in [5.41, 5.74) is 0. The highest BCUT2D eigenvalue weighted by Crippen LogP contribution is 2.35. The summed E-state index contributed by atoms with van der Waals surface area (Å²) in [7, 11) is 0. The maximum Gasteiger partial charge on any atom is 0.0478 e. The molecule has 118 valence electrons. The molecule has 2 aliphatic rings. The zero-order valence-electron chi connectivity index (χ0n) is 13.6. The minimum absolute atomic E-state index is 0.782. The molecule has 0 saturated carbocycles. The van der Waals surface area contributed by atoms with Gasteiger partial charge in [0.1, 0.15) is 0 Å². The number of piperidine rings is 1. The van der Waals surface area contributed by atoms with Crippen LogP contribution in [0.1, 0.15) is 65.2 Å². The number of hydrogen-bond donors (Lipinski definition) is 1. The summed E-state index contributed by atoms with van der Waals surface area (Å²) in [6.45, 7) is 8.82. The van der Waals surface area contributed by atoms with E-state index < -0.39 is 0 Å². The van der Waals surface area contributed by atoms with Crippen LogP contribution < -0.4 is 5.32 Å². The fraction of sp³-hybridized carbons (Fsp3) is 1.00. The summed E-state index contributed by atoms with van der Waals surface area (Å²) in [6, 6.07) is 2.47. The molecule has 0 spiro atoms. The SMILES string of the molecule is CCCCOCCCN1C2CCC1CC(NCCC)C2. The van der Waals surface area contributed by atoms with E-state index in [1.165, 1.54) is 64.5 Å². The van der Waals surface area contributed by atoms with Crippen LogP contribution in [0.5, 0.6) is 0 Å². The Hall–Kier alpha value is -0.120. The van der Waals surface area contributed by atoms with E-state index in [-0.39, 0.29) is 0 Å². The first-order chi connectivity index (χ1) is 9.85. The molecule has 0 amide bonds. The number of nitrogens with zero attached hydrogens (tertiary/aromatic N) is 1. The Morgan fingerprint density at radius 3 is 2.35 bits per heavy atom. The summed E-state index contributed by atoms with van der Waals surface area (Å²) in [5.74, 6) is 0. The van der Waals surface area contributed by atoms with Crippen molar-refractivity contribution in [3.63, 3.8) is 0 Å². The van der Waals surface area contributed by atoms with Crippen LogP contribution >= 0.6 is 0 Å². The molecule has 2 atom stereocenters. The van der Waals surface area contributed by atoms with Gasteiger partial charge in [0.05, 0.1) is 0 Å². The third-order valence-electron chi connectivity index (χ3n) is 4.91. The average Bonchev–Trinajstić information content (AvgIpc) is 2.70. The molecule has 2 saturated heterocycles. The predicted molar refractivity (Wildman–Crippen MR) is 85.2 cm³/mol. The van der Waals surface area contributed by atoms with E-state index in [0.29, 0.717) is 0 Å². The lowest BCUT2D eigenvalue weighted by atomic mass is 9.97. The van der Waals surface area contributed by atoms with Gasteiger partial charge in [-0.05, 0) is 51.5 Å². The lowest BCUT2D eigenvalue weighted by Crippen LogP contribution is -2.49. The number of rotatable bonds is 10. The molecule has 2 aliphatic heterocycles. The van der Waals surface area contributed by atoms with Gasteiger partial charge < -0.3 is 10.1 Å². The van der Waals surface area contributed by atoms with Crippen LogP contribution in [0.2, 0.25) is 0 Å². The van der Waals surface area contributed by atoms with Crippen molar-refractivity contribution >= 4 is 0 Å². The molecule has 3 heteroatoms. The number of fused-ring (bicyclic) bond motifs is 2. The van der Waals surface area contributed by atoms with E-state index in [4.69, 9.17) is 4.74 Å². The molecule has 2 unspecified atom stereocenters. The molecule has 2 heterocycles. The zero-order chi connectivity index (χ0) is 14.2. The number of unbranched alkanes of at least 4 members (excludes halogenated alkanes) is 1. The lowest BCUT2D eigenvalue weighted by Gasteiger charge is -2.39. The topological polar surface area (TPSA) is 24.5 Å². The first kappa shape index (κ1) is 16.3. The Kier molecular flexibility index (Phi) is 7.32. The van der Waals surface area contributed by atoms with Crippen LogP contribution in [-0.2, 0) is 4.74 Å². The smallest absolute Gasteiger partial charge is 0.0478 e. The number of ether oxygens (including phenoxy) is 1. The Morgan fingerprint density at radius 2 is 1.70 bits per heavy atom. The van der Waals surface area contributed by atoms with Crippen molar-refractivity contribution in [3.8, 4) is 0 Å². The van der Waals surface area contributed by atoms with E-state index in [1.807, 2.05) is 0 Å². The van der Waals surface area contributed by atoms with Crippen LogP contribution in [-0.4, -0.2) is 49.3 Å². The van der Waals surface area contributed by atoms with E-state index in [1.54, 1.807) is 0 Å². The average molecular weight is 282 g/mol. The highest BCUT2D eigenvalue weighted by molar-refractivity contribution is 4.97. The van der Waals surface area contributed by atoms with Crippen LogP contribution in [0.4, 0.5) is 0 Å². The summed E-state index contributed by atoms with van der Waals surface area (Å²) >= 11 is 0. The second-order valence-corrected chi connectivity index (χ2v) is 6.56. The summed E-state index contributed by atoms with van der Waals surface area (Å²) in [5, 5.41) is 3.73. The van der Waals surface area contributed by atoms with Gasteiger partial charge in [-0.3, -0.25) is 4.90 Å². The van der Waals surface area contributed by atoms with Crippen molar-refractivity contribution in [2.75, 3.05) is 26.3 Å². The van der Waals surface area contributed by atoms with Gasteiger partial charge in [-0.2, -0.15) is 0 Å². The molecular formula is C17H34N2O. The normalized spacial score (nSPS) is 30.0. The fourth-order valence-electron chi connectivity index (χ4n) is 3.85. The maximum atomic E-state index is 5.69. The van der Waals surface area contributed by atoms with E-state index in [9.17, 15) is 0 Å². The van der Waals surface area contributed by atoms with Crippen LogP contribution in [0.15, 0.2) is 0 Å². The summed E-state index contributed by atoms with van der Waals surface area (Å²) in [6.07, 6.45) is 10.5. The molecule has 20 heavy (non-hydrogen) atoms. The molecular weight excluding hydrogens is 248 g/mol. The Labute approximate surface area is 125 Å². The van der Waals surface area contributed by atoms with Gasteiger partial charge in [0, 0.05) is 37.9 Å². The van der Waals surface area contributed by atoms with Gasteiger partial charge >= 0.3 is 0 Å². The second-order valence-electron chi connectivity index (χ2n) is 6.56. The van der Waals surface area contributed by atoms with E-state index >= 15 is 0 Å². The van der Waals surface area contributed by atoms with Gasteiger partial charge in [-0.15, -0.1) is 0 Å². The van der Waals surface area contributed by atoms with Crippen LogP contribution in [0, 0.1) is 0 Å². The molecule has 2 fully saturated rings. The standard InChI is InChI=1S/C17H34N2O/c1-3-5-11-20-12-6-10-19-16-7-8-17(19)14-15(13-16)18-9-4-2/h15-18H,3-14H2,1-2H3. The Morgan fingerprint density at radius 1 is 1.00 bits per heavy atom. The molecule has 2 rings (SSSR count). The third-order valence-corrected chi connectivity index (χ3v) is 4.91. The second kappa shape index (κ2) is 9.01. The van der Waals surface area contributed by atoms with Gasteiger partial charge in [0.15, 0.2) is 0 Å². The Bertz CT molecular complexity index is 245. The predicted octanol–water partition coefficient (Wildman–Crippen LogP) is 3.19. The van der Waals surface area contributed by atoms with Crippen molar-refractivity contribution in [1.82, 2.24) is 10.2 Å². The van der Waals surface area contributed by atoms with Gasteiger partial charge in [-0.25, -0.2) is 0 Å². The number of nitrogens with one attached hydrogen (secondary N) is 1. The zero-order valence-corrected chi connectivity index (χ0v) is 13.6. The van der Waals surface area contributed by atoms with Crippen molar-refractivity contribution in [2.24, 2.45) is 0 Å². The third kappa shape index (κ3) is 4.71. The highest BCUT2D eigenvalue weighted by atomic mass is 16.5. The van der Waals surface area contributed by atoms with Crippen molar-refractivity contribution in [2.45, 2.75) is 83.3 Å². The molecule has 0 aromatic rings. The summed E-state index contributed by atoms with van der Waals surface area (Å²) in [4.78, 5) is 2.79. The molecule has 2 bridgehead atoms. The van der Waals surface area contributed by atoms with Gasteiger partial charge in [0.2, 0.25) is 0 Å². The largest absolute Gasteiger partial charge is 0.381 e. The Balaban J connectivity index is 1.62. The van der Waals surface area contributed by atoms with E-state index in [2.05, 4.69) is 24.1 Å². The quantitative estimate of drug-likeness (QED) is 0.623. The first-order valence-electron chi connectivity index (χ1n) is 8.92. The first-order valence-corrected chi connectivity index (χ1v) is 8.92. The monoisotopic (exact) mass is 282 g/mol. The summed E-state index contributed by atoms with van der Waals surface area (Å²) < 4.78 is 5.69. The molecule has 0 radical (unpaired) electrons. The van der Waals surface area contributed by atoms with Gasteiger partial charge in [-0.1, -0.05) is 20.3 Å².